The minimum Gasteiger partial charge on any atom is -0.395 e. The minimum absolute atomic E-state index is 0.164. The van der Waals surface area contributed by atoms with E-state index in [9.17, 15) is 0 Å². The SMILES string of the molecule is CCc1ccc(C(C)NC(C)CO)s1. The molecule has 0 aliphatic heterocycles. The van der Waals surface area contributed by atoms with Gasteiger partial charge in [0.15, 0.2) is 0 Å². The van der Waals surface area contributed by atoms with Crippen LogP contribution in [0.4, 0.5) is 0 Å². The van der Waals surface area contributed by atoms with Gasteiger partial charge in [0.25, 0.3) is 0 Å². The molecule has 14 heavy (non-hydrogen) atoms. The summed E-state index contributed by atoms with van der Waals surface area (Å²) in [6.07, 6.45) is 1.10. The van der Waals surface area contributed by atoms with Crippen molar-refractivity contribution in [3.63, 3.8) is 0 Å². The second-order valence-corrected chi connectivity index (χ2v) is 4.83. The first-order valence-corrected chi connectivity index (χ1v) is 5.94. The zero-order valence-electron chi connectivity index (χ0n) is 9.08. The summed E-state index contributed by atoms with van der Waals surface area (Å²) >= 11 is 1.85. The Hall–Kier alpha value is -0.380. The first-order chi connectivity index (χ1) is 6.67. The lowest BCUT2D eigenvalue weighted by Crippen LogP contribution is -2.31. The minimum atomic E-state index is 0.164. The molecule has 0 aliphatic carbocycles. The molecule has 3 heteroatoms. The maximum atomic E-state index is 8.92. The van der Waals surface area contributed by atoms with Gasteiger partial charge < -0.3 is 10.4 Å². The first kappa shape index (κ1) is 11.7. The third-order valence-electron chi connectivity index (χ3n) is 2.27. The Morgan fingerprint density at radius 3 is 2.64 bits per heavy atom. The van der Waals surface area contributed by atoms with E-state index >= 15 is 0 Å². The van der Waals surface area contributed by atoms with Gasteiger partial charge in [0, 0.05) is 21.8 Å². The third-order valence-corrected chi connectivity index (χ3v) is 3.68. The largest absolute Gasteiger partial charge is 0.395 e. The van der Waals surface area contributed by atoms with Crippen molar-refractivity contribution in [2.24, 2.45) is 0 Å². The van der Waals surface area contributed by atoms with Gasteiger partial charge in [-0.05, 0) is 32.4 Å². The maximum Gasteiger partial charge on any atom is 0.0582 e. The Bertz CT molecular complexity index is 272. The number of aliphatic hydroxyl groups excluding tert-OH is 1. The average molecular weight is 213 g/mol. The Balaban J connectivity index is 2.55. The van der Waals surface area contributed by atoms with E-state index < -0.39 is 0 Å². The second kappa shape index (κ2) is 5.49. The number of nitrogens with one attached hydrogen (secondary N) is 1. The Morgan fingerprint density at radius 2 is 2.14 bits per heavy atom. The molecule has 0 saturated heterocycles. The van der Waals surface area contributed by atoms with Crippen LogP contribution in [0.2, 0.25) is 0 Å². The van der Waals surface area contributed by atoms with Crippen molar-refractivity contribution in [2.75, 3.05) is 6.61 Å². The maximum absolute atomic E-state index is 8.92. The first-order valence-electron chi connectivity index (χ1n) is 5.12. The van der Waals surface area contributed by atoms with E-state index in [0.717, 1.165) is 6.42 Å². The van der Waals surface area contributed by atoms with E-state index in [1.807, 2.05) is 18.3 Å². The molecule has 80 valence electrons. The van der Waals surface area contributed by atoms with Crippen LogP contribution in [0.1, 0.15) is 36.6 Å². The van der Waals surface area contributed by atoms with Crippen LogP contribution in [0.5, 0.6) is 0 Å². The lowest BCUT2D eigenvalue weighted by atomic mass is 10.2. The molecule has 2 unspecified atom stereocenters. The van der Waals surface area contributed by atoms with Crippen LogP contribution in [0.15, 0.2) is 12.1 Å². The van der Waals surface area contributed by atoms with Gasteiger partial charge in [0.1, 0.15) is 0 Å². The van der Waals surface area contributed by atoms with E-state index in [0.29, 0.717) is 6.04 Å². The summed E-state index contributed by atoms with van der Waals surface area (Å²) in [5.41, 5.74) is 0. The highest BCUT2D eigenvalue weighted by molar-refractivity contribution is 7.12. The predicted octanol–water partition coefficient (Wildman–Crippen LogP) is 2.34. The Kier molecular flexibility index (Phi) is 4.58. The highest BCUT2D eigenvalue weighted by Crippen LogP contribution is 2.23. The van der Waals surface area contributed by atoms with E-state index in [2.05, 4.69) is 31.3 Å². The van der Waals surface area contributed by atoms with Crippen LogP contribution in [0.3, 0.4) is 0 Å². The molecule has 1 heterocycles. The van der Waals surface area contributed by atoms with Gasteiger partial charge in [-0.15, -0.1) is 11.3 Å². The lowest BCUT2D eigenvalue weighted by molar-refractivity contribution is 0.243. The van der Waals surface area contributed by atoms with Gasteiger partial charge in [-0.3, -0.25) is 0 Å². The molecule has 0 spiro atoms. The number of aryl methyl sites for hydroxylation is 1. The van der Waals surface area contributed by atoms with Crippen LogP contribution in [-0.2, 0) is 6.42 Å². The standard InChI is InChI=1S/C11H19NOS/c1-4-10-5-6-11(14-10)9(3)12-8(2)7-13/h5-6,8-9,12-13H,4,7H2,1-3H3. The molecule has 2 atom stereocenters. The quantitative estimate of drug-likeness (QED) is 0.787. The normalized spacial score (nSPS) is 15.4. The highest BCUT2D eigenvalue weighted by Gasteiger charge is 2.10. The van der Waals surface area contributed by atoms with Crippen molar-refractivity contribution >= 4 is 11.3 Å². The molecule has 2 N–H and O–H groups in total. The van der Waals surface area contributed by atoms with Gasteiger partial charge in [0.2, 0.25) is 0 Å². The third kappa shape index (κ3) is 3.08. The molecule has 0 fully saturated rings. The van der Waals surface area contributed by atoms with E-state index in [4.69, 9.17) is 5.11 Å². The summed E-state index contributed by atoms with van der Waals surface area (Å²) in [5, 5.41) is 12.3. The van der Waals surface area contributed by atoms with E-state index in [1.54, 1.807) is 0 Å². The van der Waals surface area contributed by atoms with E-state index in [1.165, 1.54) is 9.75 Å². The zero-order chi connectivity index (χ0) is 10.6. The molecule has 1 aromatic heterocycles. The predicted molar refractivity (Wildman–Crippen MR) is 61.8 cm³/mol. The second-order valence-electron chi connectivity index (χ2n) is 3.63. The topological polar surface area (TPSA) is 32.3 Å². The molecule has 0 aromatic carbocycles. The lowest BCUT2D eigenvalue weighted by Gasteiger charge is -2.16. The molecule has 2 nitrogen and oxygen atoms in total. The molecule has 0 aliphatic rings. The van der Waals surface area contributed by atoms with Gasteiger partial charge in [-0.25, -0.2) is 0 Å². The van der Waals surface area contributed by atoms with Gasteiger partial charge >= 0.3 is 0 Å². The zero-order valence-corrected chi connectivity index (χ0v) is 9.90. The summed E-state index contributed by atoms with van der Waals surface area (Å²) in [6.45, 7) is 6.49. The van der Waals surface area contributed by atoms with Crippen LogP contribution < -0.4 is 5.32 Å². The van der Waals surface area contributed by atoms with Crippen molar-refractivity contribution in [3.05, 3.63) is 21.9 Å². The molecule has 1 aromatic rings. The average Bonchev–Trinajstić information content (AvgIpc) is 2.65. The fraction of sp³-hybridized carbons (Fsp3) is 0.636. The number of hydrogen-bond donors (Lipinski definition) is 2. The summed E-state index contributed by atoms with van der Waals surface area (Å²) < 4.78 is 0. The van der Waals surface area contributed by atoms with Crippen LogP contribution in [0, 0.1) is 0 Å². The Morgan fingerprint density at radius 1 is 1.43 bits per heavy atom. The smallest absolute Gasteiger partial charge is 0.0582 e. The number of aliphatic hydroxyl groups is 1. The summed E-state index contributed by atoms with van der Waals surface area (Å²) in [5.74, 6) is 0. The molecule has 0 radical (unpaired) electrons. The van der Waals surface area contributed by atoms with E-state index in [-0.39, 0.29) is 12.6 Å². The van der Waals surface area contributed by atoms with Crippen LogP contribution in [-0.4, -0.2) is 17.8 Å². The molecular formula is C11H19NOS. The van der Waals surface area contributed by atoms with Crippen molar-refractivity contribution < 1.29 is 5.11 Å². The monoisotopic (exact) mass is 213 g/mol. The summed E-state index contributed by atoms with van der Waals surface area (Å²) in [7, 11) is 0. The van der Waals surface area contributed by atoms with Crippen molar-refractivity contribution in [1.29, 1.82) is 0 Å². The Labute approximate surface area is 90.0 Å². The van der Waals surface area contributed by atoms with Crippen molar-refractivity contribution in [3.8, 4) is 0 Å². The highest BCUT2D eigenvalue weighted by atomic mass is 32.1. The molecular weight excluding hydrogens is 194 g/mol. The fourth-order valence-corrected chi connectivity index (χ4v) is 2.34. The van der Waals surface area contributed by atoms with Crippen molar-refractivity contribution in [1.82, 2.24) is 5.32 Å². The molecule has 0 saturated carbocycles. The number of rotatable bonds is 5. The molecule has 1 rings (SSSR count). The van der Waals surface area contributed by atoms with Gasteiger partial charge in [-0.1, -0.05) is 6.92 Å². The summed E-state index contributed by atoms with van der Waals surface area (Å²) in [6, 6.07) is 4.85. The van der Waals surface area contributed by atoms with Crippen molar-refractivity contribution in [2.45, 2.75) is 39.3 Å². The number of hydrogen-bond acceptors (Lipinski definition) is 3. The summed E-state index contributed by atoms with van der Waals surface area (Å²) in [4.78, 5) is 2.77. The number of thiophene rings is 1. The van der Waals surface area contributed by atoms with Gasteiger partial charge in [0.05, 0.1) is 6.61 Å². The van der Waals surface area contributed by atoms with Gasteiger partial charge in [-0.2, -0.15) is 0 Å². The fourth-order valence-electron chi connectivity index (χ4n) is 1.38. The molecule has 0 amide bonds. The molecule has 0 bridgehead atoms. The van der Waals surface area contributed by atoms with Crippen LogP contribution in [0.25, 0.3) is 0 Å². The van der Waals surface area contributed by atoms with Crippen LogP contribution >= 0.6 is 11.3 Å².